The van der Waals surface area contributed by atoms with E-state index in [2.05, 4.69) is 21.3 Å². The molecule has 0 saturated carbocycles. The van der Waals surface area contributed by atoms with Gasteiger partial charge in [-0.1, -0.05) is 23.9 Å². The van der Waals surface area contributed by atoms with Crippen molar-refractivity contribution in [3.05, 3.63) is 24.3 Å². The topological polar surface area (TPSA) is 48.4 Å². The van der Waals surface area contributed by atoms with Crippen LogP contribution in [0, 0.1) is 0 Å². The number of aromatic nitrogens is 1. The number of hydrogen-bond acceptors (Lipinski definition) is 6. The van der Waals surface area contributed by atoms with Crippen molar-refractivity contribution in [3.8, 4) is 0 Å². The first kappa shape index (κ1) is 14.3. The van der Waals surface area contributed by atoms with Crippen molar-refractivity contribution in [2.75, 3.05) is 38.5 Å². The number of nitrogens with zero attached hydrogens (tertiary/aromatic N) is 2. The third kappa shape index (κ3) is 3.71. The minimum atomic E-state index is -0.287. The van der Waals surface area contributed by atoms with Crippen molar-refractivity contribution >= 4 is 33.3 Å². The number of aliphatic hydroxyl groups is 1. The van der Waals surface area contributed by atoms with Crippen molar-refractivity contribution in [1.29, 1.82) is 0 Å². The molecule has 1 saturated heterocycles. The Morgan fingerprint density at radius 1 is 1.35 bits per heavy atom. The summed E-state index contributed by atoms with van der Waals surface area (Å²) >= 11 is 3.36. The van der Waals surface area contributed by atoms with Crippen molar-refractivity contribution in [2.24, 2.45) is 0 Å². The van der Waals surface area contributed by atoms with Crippen LogP contribution in [0.25, 0.3) is 10.2 Å². The molecule has 1 aliphatic heterocycles. The molecule has 1 aromatic heterocycles. The van der Waals surface area contributed by atoms with Crippen LogP contribution in [0.1, 0.15) is 0 Å². The summed E-state index contributed by atoms with van der Waals surface area (Å²) in [7, 11) is 0. The van der Waals surface area contributed by atoms with Crippen LogP contribution in [-0.2, 0) is 0 Å². The lowest BCUT2D eigenvalue weighted by molar-refractivity contribution is 0.121. The molecule has 108 valence electrons. The number of β-amino-alcohol motifs (C(OH)–C–C–N with tert-alkyl or cyclic N) is 1. The number of rotatable bonds is 5. The lowest BCUT2D eigenvalue weighted by Gasteiger charge is -2.28. The number of fused-ring (bicyclic) bond motifs is 1. The number of para-hydroxylation sites is 1. The zero-order chi connectivity index (χ0) is 13.8. The Morgan fingerprint density at radius 2 is 2.15 bits per heavy atom. The smallest absolute Gasteiger partial charge is 0.151 e. The highest BCUT2D eigenvalue weighted by Crippen LogP contribution is 2.29. The lowest BCUT2D eigenvalue weighted by Crippen LogP contribution is -2.46. The molecule has 3 rings (SSSR count). The summed E-state index contributed by atoms with van der Waals surface area (Å²) in [5.74, 6) is 0.712. The minimum Gasteiger partial charge on any atom is -0.391 e. The maximum Gasteiger partial charge on any atom is 0.151 e. The van der Waals surface area contributed by atoms with Gasteiger partial charge in [-0.05, 0) is 12.1 Å². The van der Waals surface area contributed by atoms with Crippen molar-refractivity contribution in [1.82, 2.24) is 15.2 Å². The number of thioether (sulfide) groups is 1. The van der Waals surface area contributed by atoms with Gasteiger partial charge >= 0.3 is 0 Å². The average molecular weight is 309 g/mol. The number of hydrogen-bond donors (Lipinski definition) is 2. The molecule has 2 aromatic rings. The third-order valence-electron chi connectivity index (χ3n) is 3.35. The molecular weight excluding hydrogens is 290 g/mol. The Bertz CT molecular complexity index is 521. The Hall–Kier alpha value is -0.660. The first-order valence-electron chi connectivity index (χ1n) is 6.91. The molecule has 0 aliphatic carbocycles. The fourth-order valence-corrected chi connectivity index (χ4v) is 4.33. The van der Waals surface area contributed by atoms with Crippen LogP contribution >= 0.6 is 23.1 Å². The maximum atomic E-state index is 10.1. The lowest BCUT2D eigenvalue weighted by atomic mass is 10.3. The molecule has 20 heavy (non-hydrogen) atoms. The van der Waals surface area contributed by atoms with E-state index in [1.54, 1.807) is 23.1 Å². The molecule has 0 bridgehead atoms. The van der Waals surface area contributed by atoms with Gasteiger partial charge in [0.15, 0.2) is 4.34 Å². The fourth-order valence-electron chi connectivity index (χ4n) is 2.32. The van der Waals surface area contributed by atoms with E-state index in [0.717, 1.165) is 42.6 Å². The highest BCUT2D eigenvalue weighted by molar-refractivity contribution is 8.01. The van der Waals surface area contributed by atoms with E-state index in [-0.39, 0.29) is 6.10 Å². The summed E-state index contributed by atoms with van der Waals surface area (Å²) in [5, 5.41) is 13.5. The number of nitrogens with one attached hydrogen (secondary N) is 1. The van der Waals surface area contributed by atoms with Crippen LogP contribution < -0.4 is 5.32 Å². The molecule has 2 N–H and O–H groups in total. The molecule has 6 heteroatoms. The second-order valence-electron chi connectivity index (χ2n) is 4.96. The summed E-state index contributed by atoms with van der Waals surface area (Å²) in [5.41, 5.74) is 1.05. The van der Waals surface area contributed by atoms with Crippen LogP contribution in [0.3, 0.4) is 0 Å². The maximum absolute atomic E-state index is 10.1. The predicted octanol–water partition coefficient (Wildman–Crippen LogP) is 1.65. The molecule has 0 amide bonds. The Morgan fingerprint density at radius 3 is 2.95 bits per heavy atom. The largest absolute Gasteiger partial charge is 0.391 e. The van der Waals surface area contributed by atoms with Crippen LogP contribution in [0.5, 0.6) is 0 Å². The quantitative estimate of drug-likeness (QED) is 0.823. The van der Waals surface area contributed by atoms with E-state index in [1.165, 1.54) is 4.70 Å². The van der Waals surface area contributed by atoms with E-state index < -0.39 is 0 Å². The SMILES string of the molecule is OC(CSc1nc2ccccc2s1)CN1CCNCC1. The van der Waals surface area contributed by atoms with Gasteiger partial charge in [-0.15, -0.1) is 11.3 Å². The molecule has 4 nitrogen and oxygen atoms in total. The van der Waals surface area contributed by atoms with E-state index in [1.807, 2.05) is 18.2 Å². The van der Waals surface area contributed by atoms with Gasteiger partial charge in [0.2, 0.25) is 0 Å². The van der Waals surface area contributed by atoms with Crippen molar-refractivity contribution in [2.45, 2.75) is 10.4 Å². The second kappa shape index (κ2) is 6.87. The van der Waals surface area contributed by atoms with E-state index >= 15 is 0 Å². The van der Waals surface area contributed by atoms with Crippen LogP contribution in [0.15, 0.2) is 28.6 Å². The Balaban J connectivity index is 1.50. The number of benzene rings is 1. The molecule has 0 spiro atoms. The zero-order valence-corrected chi connectivity index (χ0v) is 12.9. The van der Waals surface area contributed by atoms with Gasteiger partial charge in [0.05, 0.1) is 16.3 Å². The molecular formula is C14H19N3OS2. The van der Waals surface area contributed by atoms with Crippen LogP contribution in [0.2, 0.25) is 0 Å². The monoisotopic (exact) mass is 309 g/mol. The molecule has 1 fully saturated rings. The number of aliphatic hydroxyl groups excluding tert-OH is 1. The standard InChI is InChI=1S/C14H19N3OS2/c18-11(9-17-7-5-15-6-8-17)10-19-14-16-12-3-1-2-4-13(12)20-14/h1-4,11,15,18H,5-10H2. The van der Waals surface area contributed by atoms with Gasteiger partial charge in [0, 0.05) is 38.5 Å². The fraction of sp³-hybridized carbons (Fsp3) is 0.500. The van der Waals surface area contributed by atoms with Crippen LogP contribution in [-0.4, -0.2) is 59.6 Å². The number of piperazine rings is 1. The van der Waals surface area contributed by atoms with E-state index in [4.69, 9.17) is 0 Å². The second-order valence-corrected chi connectivity index (χ2v) is 7.26. The predicted molar refractivity (Wildman–Crippen MR) is 85.7 cm³/mol. The molecule has 0 radical (unpaired) electrons. The van der Waals surface area contributed by atoms with Crippen molar-refractivity contribution in [3.63, 3.8) is 0 Å². The third-order valence-corrected chi connectivity index (χ3v) is 5.68. The summed E-state index contributed by atoms with van der Waals surface area (Å²) in [6.07, 6.45) is -0.287. The Labute approximate surface area is 127 Å². The average Bonchev–Trinajstić information content (AvgIpc) is 2.89. The van der Waals surface area contributed by atoms with Gasteiger partial charge in [0.1, 0.15) is 0 Å². The normalized spacial score (nSPS) is 18.4. The van der Waals surface area contributed by atoms with Gasteiger partial charge in [-0.3, -0.25) is 4.90 Å². The first-order chi connectivity index (χ1) is 9.81. The van der Waals surface area contributed by atoms with E-state index in [0.29, 0.717) is 5.75 Å². The van der Waals surface area contributed by atoms with Gasteiger partial charge in [-0.25, -0.2) is 4.98 Å². The van der Waals surface area contributed by atoms with Gasteiger partial charge < -0.3 is 10.4 Å². The highest BCUT2D eigenvalue weighted by atomic mass is 32.2. The van der Waals surface area contributed by atoms with Gasteiger partial charge in [-0.2, -0.15) is 0 Å². The molecule has 1 unspecified atom stereocenters. The molecule has 2 heterocycles. The highest BCUT2D eigenvalue weighted by Gasteiger charge is 2.15. The summed E-state index contributed by atoms with van der Waals surface area (Å²) in [6, 6.07) is 8.17. The molecule has 1 aromatic carbocycles. The number of thiazole rings is 1. The first-order valence-corrected chi connectivity index (χ1v) is 8.71. The van der Waals surface area contributed by atoms with Crippen molar-refractivity contribution < 1.29 is 5.11 Å². The molecule has 1 atom stereocenters. The zero-order valence-electron chi connectivity index (χ0n) is 11.3. The Kier molecular flexibility index (Phi) is 4.90. The molecule has 1 aliphatic rings. The summed E-state index contributed by atoms with van der Waals surface area (Å²) in [6.45, 7) is 4.88. The van der Waals surface area contributed by atoms with E-state index in [9.17, 15) is 5.11 Å². The minimum absolute atomic E-state index is 0.287. The van der Waals surface area contributed by atoms with Crippen LogP contribution in [0.4, 0.5) is 0 Å². The summed E-state index contributed by atoms with van der Waals surface area (Å²) in [4.78, 5) is 6.90. The summed E-state index contributed by atoms with van der Waals surface area (Å²) < 4.78 is 2.26. The van der Waals surface area contributed by atoms with Gasteiger partial charge in [0.25, 0.3) is 0 Å².